The molecule has 2 aliphatic rings. The van der Waals surface area contributed by atoms with Gasteiger partial charge in [-0.2, -0.15) is 0 Å². The second-order valence-electron chi connectivity index (χ2n) is 2.69. The Bertz CT molecular complexity index is 396. The maximum absolute atomic E-state index is 5.89. The lowest BCUT2D eigenvalue weighted by Crippen LogP contribution is -2.27. The second-order valence-corrected chi connectivity index (χ2v) is 3.86. The second kappa shape index (κ2) is 3.71. The van der Waals surface area contributed by atoms with Crippen LogP contribution in [0.5, 0.6) is 0 Å². The van der Waals surface area contributed by atoms with E-state index in [1.54, 1.807) is 7.11 Å². The van der Waals surface area contributed by atoms with E-state index in [9.17, 15) is 0 Å². The fourth-order valence-corrected chi connectivity index (χ4v) is 1.59. The summed E-state index contributed by atoms with van der Waals surface area (Å²) < 4.78 is 5.76. The van der Waals surface area contributed by atoms with Gasteiger partial charge in [0.1, 0.15) is 4.61 Å². The van der Waals surface area contributed by atoms with Gasteiger partial charge >= 0.3 is 0 Å². The minimum Gasteiger partial charge on any atom is -0.482 e. The Hall–Kier alpha value is -0.870. The lowest BCUT2D eigenvalue weighted by atomic mass is 10.2. The van der Waals surface area contributed by atoms with Gasteiger partial charge in [-0.3, -0.25) is 0 Å². The first-order chi connectivity index (χ1) is 6.70. The number of allylic oxidation sites excluding steroid dienone is 4. The van der Waals surface area contributed by atoms with Crippen LogP contribution in [0.2, 0.25) is 0 Å². The first kappa shape index (κ1) is 9.68. The summed E-state index contributed by atoms with van der Waals surface area (Å²) in [5.74, 6) is 0.667. The van der Waals surface area contributed by atoms with E-state index in [4.69, 9.17) is 16.3 Å². The van der Waals surface area contributed by atoms with Crippen LogP contribution in [0.1, 0.15) is 0 Å². The normalized spacial score (nSPS) is 19.8. The van der Waals surface area contributed by atoms with Crippen LogP contribution in [0.15, 0.2) is 39.1 Å². The molecule has 0 bridgehead atoms. The van der Waals surface area contributed by atoms with Crippen molar-refractivity contribution in [2.24, 2.45) is 0 Å². The molecule has 2 N–H and O–H groups in total. The van der Waals surface area contributed by atoms with Crippen LogP contribution in [0, 0.1) is 6.08 Å². The molecule has 5 heteroatoms. The van der Waals surface area contributed by atoms with Crippen molar-refractivity contribution in [1.29, 1.82) is 0 Å². The standard InChI is InChI=1S/C9H7BrClN2O/c1-14-8-3-2-6-7(12-8)4-5(11)9(10)13-6/h2-3,12-13H,1H3. The van der Waals surface area contributed by atoms with E-state index in [2.05, 4.69) is 32.6 Å². The van der Waals surface area contributed by atoms with Crippen molar-refractivity contribution in [3.05, 3.63) is 45.1 Å². The minimum absolute atomic E-state index is 0.502. The summed E-state index contributed by atoms with van der Waals surface area (Å²) >= 11 is 9.18. The van der Waals surface area contributed by atoms with Crippen molar-refractivity contribution in [3.63, 3.8) is 0 Å². The third kappa shape index (κ3) is 1.67. The van der Waals surface area contributed by atoms with E-state index in [0.29, 0.717) is 15.5 Å². The Morgan fingerprint density at radius 2 is 2.21 bits per heavy atom. The number of hydrogen-bond donors (Lipinski definition) is 2. The van der Waals surface area contributed by atoms with Gasteiger partial charge in [-0.25, -0.2) is 0 Å². The monoisotopic (exact) mass is 273 g/mol. The van der Waals surface area contributed by atoms with E-state index >= 15 is 0 Å². The van der Waals surface area contributed by atoms with Gasteiger partial charge in [0, 0.05) is 12.2 Å². The van der Waals surface area contributed by atoms with Crippen molar-refractivity contribution in [1.82, 2.24) is 10.6 Å². The van der Waals surface area contributed by atoms with Crippen LogP contribution in [-0.4, -0.2) is 7.11 Å². The molecular weight excluding hydrogens is 267 g/mol. The summed E-state index contributed by atoms with van der Waals surface area (Å²) in [6.45, 7) is 0. The van der Waals surface area contributed by atoms with E-state index in [-0.39, 0.29) is 0 Å². The Balaban J connectivity index is 2.33. The Morgan fingerprint density at radius 1 is 1.43 bits per heavy atom. The maximum Gasteiger partial charge on any atom is 0.190 e. The molecule has 3 nitrogen and oxygen atoms in total. The number of hydrogen-bond acceptors (Lipinski definition) is 3. The number of halogens is 2. The molecular formula is C9H7BrClN2O. The Morgan fingerprint density at radius 3 is 2.93 bits per heavy atom. The molecule has 0 spiro atoms. The summed E-state index contributed by atoms with van der Waals surface area (Å²) in [6, 6.07) is 0. The molecule has 0 aromatic carbocycles. The molecule has 0 fully saturated rings. The number of methoxy groups -OCH3 is 1. The van der Waals surface area contributed by atoms with Crippen molar-refractivity contribution in [2.45, 2.75) is 0 Å². The number of rotatable bonds is 1. The Kier molecular flexibility index (Phi) is 2.56. The fourth-order valence-electron chi connectivity index (χ4n) is 1.13. The molecule has 14 heavy (non-hydrogen) atoms. The van der Waals surface area contributed by atoms with E-state index in [1.807, 2.05) is 12.2 Å². The van der Waals surface area contributed by atoms with Crippen molar-refractivity contribution in [3.8, 4) is 0 Å². The van der Waals surface area contributed by atoms with Crippen LogP contribution in [0.3, 0.4) is 0 Å². The van der Waals surface area contributed by atoms with Crippen molar-refractivity contribution < 1.29 is 4.74 Å². The number of dihydropyridines is 2. The molecule has 1 radical (unpaired) electrons. The lowest BCUT2D eigenvalue weighted by Gasteiger charge is -2.23. The van der Waals surface area contributed by atoms with E-state index in [1.165, 1.54) is 0 Å². The fraction of sp³-hybridized carbons (Fsp3) is 0.111. The summed E-state index contributed by atoms with van der Waals surface area (Å²) in [7, 11) is 1.60. The van der Waals surface area contributed by atoms with Gasteiger partial charge in [-0.1, -0.05) is 11.6 Å². The highest BCUT2D eigenvalue weighted by Gasteiger charge is 2.18. The van der Waals surface area contributed by atoms with Crippen molar-refractivity contribution in [2.75, 3.05) is 7.11 Å². The quantitative estimate of drug-likeness (QED) is 0.718. The van der Waals surface area contributed by atoms with Crippen LogP contribution in [-0.2, 0) is 4.74 Å². The predicted octanol–water partition coefficient (Wildman–Crippen LogP) is 2.05. The predicted molar refractivity (Wildman–Crippen MR) is 58.0 cm³/mol. The first-order valence-corrected chi connectivity index (χ1v) is 5.07. The average Bonchev–Trinajstić information content (AvgIpc) is 2.19. The topological polar surface area (TPSA) is 33.3 Å². The van der Waals surface area contributed by atoms with Gasteiger partial charge in [0.05, 0.1) is 23.5 Å². The molecule has 0 aromatic rings. The van der Waals surface area contributed by atoms with Gasteiger partial charge in [-0.15, -0.1) is 0 Å². The first-order valence-electron chi connectivity index (χ1n) is 3.90. The number of fused-ring (bicyclic) bond motifs is 1. The average molecular weight is 275 g/mol. The Labute approximate surface area is 95.3 Å². The molecule has 0 amide bonds. The van der Waals surface area contributed by atoms with Crippen LogP contribution < -0.4 is 10.6 Å². The molecule has 0 atom stereocenters. The highest BCUT2D eigenvalue weighted by atomic mass is 79.9. The van der Waals surface area contributed by atoms with Gasteiger partial charge < -0.3 is 15.4 Å². The zero-order chi connectivity index (χ0) is 10.1. The molecule has 0 saturated heterocycles. The van der Waals surface area contributed by atoms with Gasteiger partial charge in [0.25, 0.3) is 0 Å². The van der Waals surface area contributed by atoms with Gasteiger partial charge in [-0.05, 0) is 22.0 Å². The molecule has 2 rings (SSSR count). The smallest absolute Gasteiger partial charge is 0.190 e. The van der Waals surface area contributed by atoms with Crippen LogP contribution >= 0.6 is 27.5 Å². The summed E-state index contributed by atoms with van der Waals surface area (Å²) in [5, 5.41) is 6.61. The number of ether oxygens (including phenoxy) is 1. The maximum atomic E-state index is 5.89. The minimum atomic E-state index is 0.502. The lowest BCUT2D eigenvalue weighted by molar-refractivity contribution is 0.268. The highest BCUT2D eigenvalue weighted by molar-refractivity contribution is 9.11. The SMILES string of the molecule is COC1=CC=C2NC(Br)=C(Cl)[C]=C2N1. The van der Waals surface area contributed by atoms with Crippen LogP contribution in [0.4, 0.5) is 0 Å². The largest absolute Gasteiger partial charge is 0.482 e. The summed E-state index contributed by atoms with van der Waals surface area (Å²) in [5.41, 5.74) is 1.68. The molecule has 0 aliphatic carbocycles. The van der Waals surface area contributed by atoms with Gasteiger partial charge in [0.2, 0.25) is 0 Å². The zero-order valence-corrected chi connectivity index (χ0v) is 9.66. The molecule has 0 saturated carbocycles. The summed E-state index contributed by atoms with van der Waals surface area (Å²) in [6.07, 6.45) is 6.70. The molecule has 2 heterocycles. The van der Waals surface area contributed by atoms with Crippen molar-refractivity contribution >= 4 is 27.5 Å². The third-order valence-corrected chi connectivity index (χ3v) is 2.92. The summed E-state index contributed by atoms with van der Waals surface area (Å²) in [4.78, 5) is 0. The third-order valence-electron chi connectivity index (χ3n) is 1.81. The molecule has 73 valence electrons. The molecule has 0 unspecified atom stereocenters. The van der Waals surface area contributed by atoms with Crippen LogP contribution in [0.25, 0.3) is 0 Å². The highest BCUT2D eigenvalue weighted by Crippen LogP contribution is 2.26. The molecule has 0 aromatic heterocycles. The van der Waals surface area contributed by atoms with E-state index in [0.717, 1.165) is 11.4 Å². The number of nitrogens with one attached hydrogen (secondary N) is 2. The van der Waals surface area contributed by atoms with Gasteiger partial charge in [0.15, 0.2) is 5.88 Å². The van der Waals surface area contributed by atoms with E-state index < -0.39 is 0 Å². The molecule has 2 aliphatic heterocycles. The zero-order valence-electron chi connectivity index (χ0n) is 7.32.